The Bertz CT molecular complexity index is 375. The van der Waals surface area contributed by atoms with Crippen LogP contribution >= 0.6 is 0 Å². The third-order valence-corrected chi connectivity index (χ3v) is 3.25. The maximum Gasteiger partial charge on any atom is 0.141 e. The molecule has 0 aliphatic carbocycles. The van der Waals surface area contributed by atoms with E-state index in [4.69, 9.17) is 5.73 Å². The van der Waals surface area contributed by atoms with E-state index in [0.717, 1.165) is 44.1 Å². The second-order valence-electron chi connectivity index (χ2n) is 4.26. The van der Waals surface area contributed by atoms with Gasteiger partial charge >= 0.3 is 0 Å². The fourth-order valence-corrected chi connectivity index (χ4v) is 2.18. The van der Waals surface area contributed by atoms with Gasteiger partial charge in [-0.3, -0.25) is 0 Å². The number of hydrogen-bond acceptors (Lipinski definition) is 4. The highest BCUT2D eigenvalue weighted by molar-refractivity contribution is 5.47. The molecule has 1 aliphatic heterocycles. The highest BCUT2D eigenvalue weighted by Gasteiger charge is 2.19. The molecule has 0 unspecified atom stereocenters. The molecule has 1 fully saturated rings. The predicted octanol–water partition coefficient (Wildman–Crippen LogP) is 0.821. The Morgan fingerprint density at radius 3 is 2.65 bits per heavy atom. The SMILES string of the molecule is CCN1CCN(c2ncc(F)cc2CN)CC1. The second kappa shape index (κ2) is 5.42. The molecule has 1 aromatic heterocycles. The standard InChI is InChI=1S/C12H19FN4/c1-2-16-3-5-17(6-4-16)12-10(8-14)7-11(13)9-15-12/h7,9H,2-6,8,14H2,1H3. The van der Waals surface area contributed by atoms with E-state index in [2.05, 4.69) is 21.7 Å². The van der Waals surface area contributed by atoms with Gasteiger partial charge in [-0.2, -0.15) is 0 Å². The van der Waals surface area contributed by atoms with Crippen LogP contribution in [0.5, 0.6) is 0 Å². The summed E-state index contributed by atoms with van der Waals surface area (Å²) in [5.41, 5.74) is 6.42. The molecule has 17 heavy (non-hydrogen) atoms. The normalized spacial score (nSPS) is 17.5. The van der Waals surface area contributed by atoms with Gasteiger partial charge in [0.05, 0.1) is 6.20 Å². The van der Waals surface area contributed by atoms with E-state index in [9.17, 15) is 4.39 Å². The van der Waals surface area contributed by atoms with Crippen LogP contribution in [0.25, 0.3) is 0 Å². The molecule has 0 saturated carbocycles. The van der Waals surface area contributed by atoms with Crippen LogP contribution in [0, 0.1) is 5.82 Å². The average molecular weight is 238 g/mol. The van der Waals surface area contributed by atoms with Crippen molar-refractivity contribution in [3.05, 3.63) is 23.6 Å². The van der Waals surface area contributed by atoms with Crippen LogP contribution in [-0.2, 0) is 6.54 Å². The molecule has 1 saturated heterocycles. The number of piperazine rings is 1. The molecule has 5 heteroatoms. The van der Waals surface area contributed by atoms with Gasteiger partial charge in [0.1, 0.15) is 11.6 Å². The van der Waals surface area contributed by atoms with Crippen molar-refractivity contribution in [2.75, 3.05) is 37.6 Å². The van der Waals surface area contributed by atoms with Gasteiger partial charge in [0.15, 0.2) is 0 Å². The van der Waals surface area contributed by atoms with E-state index < -0.39 is 0 Å². The van der Waals surface area contributed by atoms with Gasteiger partial charge in [-0.1, -0.05) is 6.92 Å². The smallest absolute Gasteiger partial charge is 0.141 e. The summed E-state index contributed by atoms with van der Waals surface area (Å²) in [6, 6.07) is 1.48. The molecule has 4 nitrogen and oxygen atoms in total. The summed E-state index contributed by atoms with van der Waals surface area (Å²) in [6.07, 6.45) is 1.26. The third-order valence-electron chi connectivity index (χ3n) is 3.25. The summed E-state index contributed by atoms with van der Waals surface area (Å²) in [5.74, 6) is 0.519. The summed E-state index contributed by atoms with van der Waals surface area (Å²) in [7, 11) is 0. The lowest BCUT2D eigenvalue weighted by molar-refractivity contribution is 0.270. The van der Waals surface area contributed by atoms with Crippen LogP contribution in [0.15, 0.2) is 12.3 Å². The number of aromatic nitrogens is 1. The second-order valence-corrected chi connectivity index (χ2v) is 4.26. The van der Waals surface area contributed by atoms with Crippen LogP contribution in [0.1, 0.15) is 12.5 Å². The Kier molecular flexibility index (Phi) is 3.91. The van der Waals surface area contributed by atoms with Crippen LogP contribution in [0.4, 0.5) is 10.2 Å². The molecule has 0 spiro atoms. The molecule has 2 N–H and O–H groups in total. The molecule has 94 valence electrons. The van der Waals surface area contributed by atoms with Gasteiger partial charge in [-0.15, -0.1) is 0 Å². The van der Waals surface area contributed by atoms with Crippen molar-refractivity contribution in [1.29, 1.82) is 0 Å². The Morgan fingerprint density at radius 2 is 2.06 bits per heavy atom. The van der Waals surface area contributed by atoms with Gasteiger partial charge < -0.3 is 15.5 Å². The molecule has 2 heterocycles. The first-order valence-corrected chi connectivity index (χ1v) is 6.06. The molecule has 2 rings (SSSR count). The average Bonchev–Trinajstić information content (AvgIpc) is 2.39. The van der Waals surface area contributed by atoms with Gasteiger partial charge in [0.25, 0.3) is 0 Å². The van der Waals surface area contributed by atoms with Crippen molar-refractivity contribution in [1.82, 2.24) is 9.88 Å². The first kappa shape index (κ1) is 12.3. The monoisotopic (exact) mass is 238 g/mol. The van der Waals surface area contributed by atoms with Gasteiger partial charge in [-0.25, -0.2) is 9.37 Å². The Balaban J connectivity index is 2.12. The van der Waals surface area contributed by atoms with E-state index in [1.54, 1.807) is 0 Å². The number of halogens is 1. The van der Waals surface area contributed by atoms with Crippen LogP contribution in [0.2, 0.25) is 0 Å². The zero-order valence-electron chi connectivity index (χ0n) is 10.2. The van der Waals surface area contributed by atoms with Crippen LogP contribution in [-0.4, -0.2) is 42.6 Å². The lowest BCUT2D eigenvalue weighted by Gasteiger charge is -2.35. The van der Waals surface area contributed by atoms with Crippen LogP contribution in [0.3, 0.4) is 0 Å². The number of pyridine rings is 1. The quantitative estimate of drug-likeness (QED) is 0.847. The third kappa shape index (κ3) is 2.73. The molecular formula is C12H19FN4. The molecule has 0 amide bonds. The Morgan fingerprint density at radius 1 is 1.35 bits per heavy atom. The minimum absolute atomic E-state index is 0.318. The molecule has 0 radical (unpaired) electrons. The van der Waals surface area contributed by atoms with Gasteiger partial charge in [-0.05, 0) is 12.6 Å². The minimum Gasteiger partial charge on any atom is -0.354 e. The molecule has 0 aromatic carbocycles. The van der Waals surface area contributed by atoms with Crippen molar-refractivity contribution in [3.8, 4) is 0 Å². The first-order chi connectivity index (χ1) is 8.24. The zero-order chi connectivity index (χ0) is 12.3. The fourth-order valence-electron chi connectivity index (χ4n) is 2.18. The highest BCUT2D eigenvalue weighted by atomic mass is 19.1. The molecule has 0 bridgehead atoms. The number of likely N-dealkylation sites (N-methyl/N-ethyl adjacent to an activating group) is 1. The summed E-state index contributed by atoms with van der Waals surface area (Å²) in [6.45, 7) is 7.48. The lowest BCUT2D eigenvalue weighted by atomic mass is 10.2. The number of nitrogens with two attached hydrogens (primary N) is 1. The topological polar surface area (TPSA) is 45.4 Å². The summed E-state index contributed by atoms with van der Waals surface area (Å²) < 4.78 is 13.1. The van der Waals surface area contributed by atoms with E-state index in [0.29, 0.717) is 6.54 Å². The molecular weight excluding hydrogens is 219 g/mol. The Hall–Kier alpha value is -1.20. The maximum atomic E-state index is 13.1. The molecule has 0 atom stereocenters. The predicted molar refractivity (Wildman–Crippen MR) is 66.4 cm³/mol. The largest absolute Gasteiger partial charge is 0.354 e. The van der Waals surface area contributed by atoms with Crippen molar-refractivity contribution in [3.63, 3.8) is 0 Å². The van der Waals surface area contributed by atoms with Crippen molar-refractivity contribution >= 4 is 5.82 Å². The number of hydrogen-bond donors (Lipinski definition) is 1. The summed E-state index contributed by atoms with van der Waals surface area (Å²) in [5, 5.41) is 0. The van der Waals surface area contributed by atoms with E-state index >= 15 is 0 Å². The number of rotatable bonds is 3. The van der Waals surface area contributed by atoms with Crippen molar-refractivity contribution in [2.45, 2.75) is 13.5 Å². The van der Waals surface area contributed by atoms with Gasteiger partial charge in [0, 0.05) is 38.3 Å². The van der Waals surface area contributed by atoms with Crippen molar-refractivity contribution in [2.24, 2.45) is 5.73 Å². The molecule has 1 aliphatic rings. The number of nitrogens with zero attached hydrogens (tertiary/aromatic N) is 3. The minimum atomic E-state index is -0.318. The zero-order valence-corrected chi connectivity index (χ0v) is 10.2. The maximum absolute atomic E-state index is 13.1. The summed E-state index contributed by atoms with van der Waals surface area (Å²) in [4.78, 5) is 8.76. The molecule has 1 aromatic rings. The van der Waals surface area contributed by atoms with E-state index in [1.807, 2.05) is 0 Å². The van der Waals surface area contributed by atoms with E-state index in [1.165, 1.54) is 12.3 Å². The Labute approximate surface area is 101 Å². The first-order valence-electron chi connectivity index (χ1n) is 6.06. The number of anilines is 1. The highest BCUT2D eigenvalue weighted by Crippen LogP contribution is 2.19. The van der Waals surface area contributed by atoms with E-state index in [-0.39, 0.29) is 5.82 Å². The lowest BCUT2D eigenvalue weighted by Crippen LogP contribution is -2.46. The van der Waals surface area contributed by atoms with Gasteiger partial charge in [0.2, 0.25) is 0 Å². The summed E-state index contributed by atoms with van der Waals surface area (Å²) >= 11 is 0. The van der Waals surface area contributed by atoms with Crippen LogP contribution < -0.4 is 10.6 Å². The fraction of sp³-hybridized carbons (Fsp3) is 0.583. The van der Waals surface area contributed by atoms with Crippen molar-refractivity contribution < 1.29 is 4.39 Å².